The summed E-state index contributed by atoms with van der Waals surface area (Å²) in [5.74, 6) is -1.63. The van der Waals surface area contributed by atoms with Gasteiger partial charge in [-0.25, -0.2) is 0 Å². The third-order valence-electron chi connectivity index (χ3n) is 4.33. The number of fused-ring (bicyclic) bond motifs is 1. The van der Waals surface area contributed by atoms with Crippen LogP contribution in [0, 0.1) is 5.92 Å². The SMILES string of the molecule is CC(C)CN1C(=O)c2ccccc2C(C(=O)O)C1c1cnn(C)c1. The van der Waals surface area contributed by atoms with Crippen LogP contribution < -0.4 is 0 Å². The van der Waals surface area contributed by atoms with Gasteiger partial charge >= 0.3 is 5.97 Å². The number of aromatic nitrogens is 2. The van der Waals surface area contributed by atoms with E-state index >= 15 is 0 Å². The summed E-state index contributed by atoms with van der Waals surface area (Å²) >= 11 is 0. The lowest BCUT2D eigenvalue weighted by Crippen LogP contribution is -2.46. The maximum atomic E-state index is 13.0. The largest absolute Gasteiger partial charge is 0.481 e. The molecule has 3 rings (SSSR count). The van der Waals surface area contributed by atoms with E-state index in [1.165, 1.54) is 0 Å². The number of hydrogen-bond acceptors (Lipinski definition) is 3. The Hall–Kier alpha value is -2.63. The maximum Gasteiger partial charge on any atom is 0.313 e. The zero-order chi connectivity index (χ0) is 17.4. The molecule has 126 valence electrons. The van der Waals surface area contributed by atoms with Crippen LogP contribution in [-0.4, -0.2) is 38.2 Å². The Morgan fingerprint density at radius 2 is 2.04 bits per heavy atom. The van der Waals surface area contributed by atoms with E-state index < -0.39 is 17.9 Å². The van der Waals surface area contributed by atoms with Crippen molar-refractivity contribution in [3.63, 3.8) is 0 Å². The molecule has 1 aromatic heterocycles. The fourth-order valence-corrected chi connectivity index (χ4v) is 3.42. The molecule has 2 atom stereocenters. The van der Waals surface area contributed by atoms with Crippen LogP contribution in [0.2, 0.25) is 0 Å². The lowest BCUT2D eigenvalue weighted by atomic mass is 9.80. The molecule has 2 aromatic rings. The Morgan fingerprint density at radius 3 is 2.62 bits per heavy atom. The number of aliphatic carboxylic acids is 1. The summed E-state index contributed by atoms with van der Waals surface area (Å²) in [7, 11) is 1.78. The lowest BCUT2D eigenvalue weighted by Gasteiger charge is -2.41. The van der Waals surface area contributed by atoms with Gasteiger partial charge in [-0.3, -0.25) is 14.3 Å². The number of benzene rings is 1. The number of carboxylic acid groups (broad SMARTS) is 1. The van der Waals surface area contributed by atoms with Crippen LogP contribution in [0.25, 0.3) is 0 Å². The number of carboxylic acids is 1. The molecule has 1 aromatic carbocycles. The second-order valence-corrected chi connectivity index (χ2v) is 6.65. The molecular weight excluding hydrogens is 306 g/mol. The van der Waals surface area contributed by atoms with E-state index in [1.807, 2.05) is 13.8 Å². The molecule has 0 spiro atoms. The average Bonchev–Trinajstić information content (AvgIpc) is 2.95. The number of hydrogen-bond donors (Lipinski definition) is 1. The molecule has 0 radical (unpaired) electrons. The zero-order valence-corrected chi connectivity index (χ0v) is 14.0. The Labute approximate surface area is 140 Å². The van der Waals surface area contributed by atoms with Crippen LogP contribution in [0.15, 0.2) is 36.7 Å². The Balaban J connectivity index is 2.20. The van der Waals surface area contributed by atoms with Crippen LogP contribution in [0.5, 0.6) is 0 Å². The van der Waals surface area contributed by atoms with Crippen LogP contribution in [0.4, 0.5) is 0 Å². The number of nitrogens with zero attached hydrogens (tertiary/aromatic N) is 3. The summed E-state index contributed by atoms with van der Waals surface area (Å²) in [6.07, 6.45) is 3.43. The van der Waals surface area contributed by atoms with Gasteiger partial charge in [0.25, 0.3) is 5.91 Å². The van der Waals surface area contributed by atoms with Gasteiger partial charge in [-0.05, 0) is 17.5 Å². The van der Waals surface area contributed by atoms with Gasteiger partial charge in [0.1, 0.15) is 5.92 Å². The van der Waals surface area contributed by atoms with Gasteiger partial charge in [-0.2, -0.15) is 5.10 Å². The van der Waals surface area contributed by atoms with Crippen LogP contribution in [0.3, 0.4) is 0 Å². The van der Waals surface area contributed by atoms with Crippen molar-refractivity contribution >= 4 is 11.9 Å². The molecule has 0 fully saturated rings. The molecular formula is C18H21N3O3. The Bertz CT molecular complexity index is 781. The maximum absolute atomic E-state index is 13.0. The Morgan fingerprint density at radius 1 is 1.33 bits per heavy atom. The first kappa shape index (κ1) is 16.2. The van der Waals surface area contributed by atoms with Gasteiger partial charge in [0.2, 0.25) is 0 Å². The molecule has 0 saturated heterocycles. The monoisotopic (exact) mass is 327 g/mol. The summed E-state index contributed by atoms with van der Waals surface area (Å²) in [5, 5.41) is 14.1. The molecule has 0 aliphatic carbocycles. The highest BCUT2D eigenvalue weighted by Crippen LogP contribution is 2.42. The smallest absolute Gasteiger partial charge is 0.313 e. The highest BCUT2D eigenvalue weighted by Gasteiger charge is 2.44. The van der Waals surface area contributed by atoms with E-state index in [2.05, 4.69) is 5.10 Å². The van der Waals surface area contributed by atoms with E-state index in [-0.39, 0.29) is 11.8 Å². The van der Waals surface area contributed by atoms with Gasteiger partial charge in [-0.15, -0.1) is 0 Å². The van der Waals surface area contributed by atoms with Gasteiger partial charge in [0.05, 0.1) is 12.2 Å². The van der Waals surface area contributed by atoms with Crippen molar-refractivity contribution in [2.45, 2.75) is 25.8 Å². The second-order valence-electron chi connectivity index (χ2n) is 6.65. The molecule has 6 nitrogen and oxygen atoms in total. The molecule has 0 bridgehead atoms. The molecule has 1 amide bonds. The van der Waals surface area contributed by atoms with Crippen LogP contribution in [0.1, 0.15) is 47.3 Å². The Kier molecular flexibility index (Phi) is 4.13. The predicted octanol–water partition coefficient (Wildman–Crippen LogP) is 2.44. The lowest BCUT2D eigenvalue weighted by molar-refractivity contribution is -0.140. The summed E-state index contributed by atoms with van der Waals surface area (Å²) < 4.78 is 1.63. The third kappa shape index (κ3) is 2.68. The van der Waals surface area contributed by atoms with E-state index in [0.29, 0.717) is 17.7 Å². The first-order chi connectivity index (χ1) is 11.4. The number of aryl methyl sites for hydroxylation is 1. The van der Waals surface area contributed by atoms with Crippen LogP contribution in [-0.2, 0) is 11.8 Å². The van der Waals surface area contributed by atoms with E-state index in [9.17, 15) is 14.7 Å². The first-order valence-electron chi connectivity index (χ1n) is 8.01. The van der Waals surface area contributed by atoms with Gasteiger partial charge in [0.15, 0.2) is 0 Å². The van der Waals surface area contributed by atoms with Crippen molar-refractivity contribution in [3.8, 4) is 0 Å². The van der Waals surface area contributed by atoms with Crippen molar-refractivity contribution < 1.29 is 14.7 Å². The average molecular weight is 327 g/mol. The molecule has 1 aliphatic heterocycles. The molecule has 2 heterocycles. The molecule has 1 N–H and O–H groups in total. The van der Waals surface area contributed by atoms with E-state index in [4.69, 9.17) is 0 Å². The molecule has 24 heavy (non-hydrogen) atoms. The minimum atomic E-state index is -0.933. The summed E-state index contributed by atoms with van der Waals surface area (Å²) in [5.41, 5.74) is 1.79. The quantitative estimate of drug-likeness (QED) is 0.936. The summed E-state index contributed by atoms with van der Waals surface area (Å²) in [4.78, 5) is 26.8. The summed E-state index contributed by atoms with van der Waals surface area (Å²) in [6, 6.07) is 6.44. The van der Waals surface area contributed by atoms with Gasteiger partial charge < -0.3 is 10.0 Å². The van der Waals surface area contributed by atoms with Crippen molar-refractivity contribution in [1.82, 2.24) is 14.7 Å². The fourth-order valence-electron chi connectivity index (χ4n) is 3.42. The predicted molar refractivity (Wildman–Crippen MR) is 88.6 cm³/mol. The van der Waals surface area contributed by atoms with Crippen molar-refractivity contribution in [1.29, 1.82) is 0 Å². The number of amides is 1. The van der Waals surface area contributed by atoms with Crippen molar-refractivity contribution in [2.24, 2.45) is 13.0 Å². The van der Waals surface area contributed by atoms with E-state index in [0.717, 1.165) is 5.56 Å². The zero-order valence-electron chi connectivity index (χ0n) is 14.0. The molecule has 6 heteroatoms. The topological polar surface area (TPSA) is 75.4 Å². The minimum absolute atomic E-state index is 0.120. The van der Waals surface area contributed by atoms with Crippen molar-refractivity contribution in [3.05, 3.63) is 53.3 Å². The number of carbonyl (C=O) groups is 2. The van der Waals surface area contributed by atoms with Gasteiger partial charge in [-0.1, -0.05) is 32.0 Å². The first-order valence-corrected chi connectivity index (χ1v) is 8.01. The number of rotatable bonds is 4. The highest BCUT2D eigenvalue weighted by atomic mass is 16.4. The highest BCUT2D eigenvalue weighted by molar-refractivity contribution is 6.00. The normalized spacial score (nSPS) is 20.3. The molecule has 2 unspecified atom stereocenters. The standard InChI is InChI=1S/C18H21N3O3/c1-11(2)9-21-16(12-8-19-20(3)10-12)15(18(23)24)13-6-4-5-7-14(13)17(21)22/h4-8,10-11,15-16H,9H2,1-3H3,(H,23,24). The van der Waals surface area contributed by atoms with Gasteiger partial charge in [0, 0.05) is 30.9 Å². The summed E-state index contributed by atoms with van der Waals surface area (Å²) in [6.45, 7) is 4.53. The third-order valence-corrected chi connectivity index (χ3v) is 4.33. The minimum Gasteiger partial charge on any atom is -0.481 e. The fraction of sp³-hybridized carbons (Fsp3) is 0.389. The second kappa shape index (κ2) is 6.11. The van der Waals surface area contributed by atoms with Crippen LogP contribution >= 0.6 is 0 Å². The molecule has 1 aliphatic rings. The van der Waals surface area contributed by atoms with Crippen molar-refractivity contribution in [2.75, 3.05) is 6.54 Å². The van der Waals surface area contributed by atoms with E-state index in [1.54, 1.807) is 53.3 Å². The molecule has 0 saturated carbocycles. The number of carbonyl (C=O) groups excluding carboxylic acids is 1.